The summed E-state index contributed by atoms with van der Waals surface area (Å²) in [5.74, 6) is 0. The van der Waals surface area contributed by atoms with E-state index in [0.717, 1.165) is 0 Å². The number of hydrogen-bond donors (Lipinski definition) is 0. The first-order valence-corrected chi connectivity index (χ1v) is 3.92. The monoisotopic (exact) mass is 199 g/mol. The van der Waals surface area contributed by atoms with E-state index in [4.69, 9.17) is 3.83 Å². The van der Waals surface area contributed by atoms with Gasteiger partial charge in [0.05, 0.1) is 0 Å². The van der Waals surface area contributed by atoms with E-state index in [1.54, 1.807) is 0 Å². The molecule has 0 atom stereocenters. The Bertz CT molecular complexity index is 294. The molecule has 2 rings (SSSR count). The second kappa shape index (κ2) is 4.81. The molecule has 0 saturated heterocycles. The van der Waals surface area contributed by atoms with Gasteiger partial charge >= 0.3 is 19.8 Å². The Morgan fingerprint density at radius 1 is 1.00 bits per heavy atom. The average molecular weight is 199 g/mol. The van der Waals surface area contributed by atoms with Crippen LogP contribution in [0.4, 0.5) is 0 Å². The van der Waals surface area contributed by atoms with E-state index < -0.39 is 0 Å². The van der Waals surface area contributed by atoms with Crippen LogP contribution in [0.25, 0.3) is 10.8 Å². The first-order valence-electron chi connectivity index (χ1n) is 3.47. The predicted octanol–water partition coefficient (Wildman–Crippen LogP) is 2.52. The molecule has 0 fully saturated rings. The van der Waals surface area contributed by atoms with Crippen LogP contribution in [0.15, 0.2) is 42.5 Å². The number of fused-ring (bicyclic) bond motifs is 1. The quantitative estimate of drug-likeness (QED) is 0.470. The molecular weight excluding hydrogens is 192 g/mol. The molecule has 0 spiro atoms. The molecule has 0 aromatic heterocycles. The van der Waals surface area contributed by atoms with Crippen molar-refractivity contribution in [3.8, 4) is 0 Å². The Morgan fingerprint density at radius 3 is 2.42 bits per heavy atom. The van der Waals surface area contributed by atoms with Gasteiger partial charge in [0, 0.05) is 0 Å². The summed E-state index contributed by atoms with van der Waals surface area (Å²) in [4.78, 5) is 0. The standard InChI is InChI=1S/C10H7.Fe.O/c1-2-6-10-8-4-3-7-9(10)5-1;;/h1-7H;;/q-1;+1;. The van der Waals surface area contributed by atoms with Gasteiger partial charge in [0.25, 0.3) is 0 Å². The van der Waals surface area contributed by atoms with Crippen LogP contribution in [0.1, 0.15) is 0 Å². The van der Waals surface area contributed by atoms with Crippen LogP contribution in [-0.2, 0) is 19.8 Å². The predicted molar refractivity (Wildman–Crippen MR) is 43.5 cm³/mol. The molecule has 0 amide bonds. The Morgan fingerprint density at radius 2 is 1.67 bits per heavy atom. The molecule has 1 nitrogen and oxygen atoms in total. The zero-order chi connectivity index (χ0) is 8.81. The molecule has 0 saturated carbocycles. The first kappa shape index (κ1) is 9.11. The second-order valence-electron chi connectivity index (χ2n) is 2.26. The molecule has 2 aromatic carbocycles. The van der Waals surface area contributed by atoms with Crippen LogP contribution in [0, 0.1) is 6.07 Å². The van der Waals surface area contributed by atoms with Crippen molar-refractivity contribution in [3.63, 3.8) is 0 Å². The summed E-state index contributed by atoms with van der Waals surface area (Å²) in [5, 5.41) is 2.44. The van der Waals surface area contributed by atoms with Crippen LogP contribution < -0.4 is 0 Å². The van der Waals surface area contributed by atoms with Crippen molar-refractivity contribution in [1.29, 1.82) is 0 Å². The van der Waals surface area contributed by atoms with Gasteiger partial charge in [-0.3, -0.25) is 0 Å². The Labute approximate surface area is 79.4 Å². The average Bonchev–Trinajstić information content (AvgIpc) is 2.21. The van der Waals surface area contributed by atoms with Crippen LogP contribution in [-0.4, -0.2) is 0 Å². The van der Waals surface area contributed by atoms with Gasteiger partial charge in [-0.25, -0.2) is 0 Å². The van der Waals surface area contributed by atoms with E-state index in [2.05, 4.69) is 24.3 Å². The molecule has 0 aliphatic heterocycles. The van der Waals surface area contributed by atoms with Crippen LogP contribution >= 0.6 is 0 Å². The fourth-order valence-corrected chi connectivity index (χ4v) is 1.06. The number of benzene rings is 2. The first-order chi connectivity index (χ1) is 5.97. The summed E-state index contributed by atoms with van der Waals surface area (Å²) in [7, 11) is 0. The van der Waals surface area contributed by atoms with Crippen molar-refractivity contribution in [2.75, 3.05) is 0 Å². The minimum Gasteiger partial charge on any atom is -0.147 e. The van der Waals surface area contributed by atoms with E-state index in [-0.39, 0.29) is 0 Å². The van der Waals surface area contributed by atoms with Crippen LogP contribution in [0.3, 0.4) is 0 Å². The molecule has 0 unspecified atom stereocenters. The topological polar surface area (TPSA) is 17.1 Å². The SMILES string of the molecule is [O]=[Fe+].[c-]1cccc2ccccc12. The Balaban J connectivity index is 0.000000336. The van der Waals surface area contributed by atoms with Crippen LogP contribution in [0.2, 0.25) is 0 Å². The minimum absolute atomic E-state index is 1.19. The third-order valence-corrected chi connectivity index (χ3v) is 1.57. The molecule has 12 heavy (non-hydrogen) atoms. The van der Waals surface area contributed by atoms with E-state index in [1.165, 1.54) is 10.8 Å². The van der Waals surface area contributed by atoms with Gasteiger partial charge in [0.1, 0.15) is 0 Å². The van der Waals surface area contributed by atoms with Crippen LogP contribution in [0.5, 0.6) is 0 Å². The molecule has 0 aliphatic carbocycles. The molecule has 0 heterocycles. The Hall–Kier alpha value is -0.981. The van der Waals surface area contributed by atoms with Gasteiger partial charge in [0.15, 0.2) is 0 Å². The molecule has 0 bridgehead atoms. The van der Waals surface area contributed by atoms with E-state index in [9.17, 15) is 0 Å². The third-order valence-electron chi connectivity index (χ3n) is 1.57. The largest absolute Gasteiger partial charge is 0.147 e. The minimum atomic E-state index is 1.19. The fourth-order valence-electron chi connectivity index (χ4n) is 1.06. The van der Waals surface area contributed by atoms with Gasteiger partial charge in [-0.05, 0) is 0 Å². The summed E-state index contributed by atoms with van der Waals surface area (Å²) in [5.41, 5.74) is 0. The van der Waals surface area contributed by atoms with Gasteiger partial charge in [-0.2, -0.15) is 0 Å². The second-order valence-corrected chi connectivity index (χ2v) is 2.26. The summed E-state index contributed by atoms with van der Waals surface area (Å²) >= 11 is 2.00. The van der Waals surface area contributed by atoms with Crippen molar-refractivity contribution < 1.29 is 19.8 Å². The molecule has 2 heteroatoms. The fraction of sp³-hybridized carbons (Fsp3) is 0. The smallest absolute Gasteiger partial charge is 0.0801 e. The van der Waals surface area contributed by atoms with E-state index in [0.29, 0.717) is 0 Å². The van der Waals surface area contributed by atoms with E-state index >= 15 is 0 Å². The van der Waals surface area contributed by atoms with Crippen molar-refractivity contribution in [3.05, 3.63) is 48.5 Å². The van der Waals surface area contributed by atoms with Gasteiger partial charge < -0.3 is 0 Å². The zero-order valence-corrected chi connectivity index (χ0v) is 7.41. The van der Waals surface area contributed by atoms with Crippen molar-refractivity contribution in [2.45, 2.75) is 0 Å². The van der Waals surface area contributed by atoms with Crippen molar-refractivity contribution in [1.82, 2.24) is 0 Å². The zero-order valence-electron chi connectivity index (χ0n) is 6.30. The summed E-state index contributed by atoms with van der Waals surface area (Å²) in [6, 6.07) is 17.4. The molecule has 61 valence electrons. The third kappa shape index (κ3) is 2.00. The summed E-state index contributed by atoms with van der Waals surface area (Å²) < 4.78 is 8.00. The molecule has 0 aliphatic rings. The van der Waals surface area contributed by atoms with Crippen molar-refractivity contribution in [2.24, 2.45) is 0 Å². The normalized spacial score (nSPS) is 8.67. The number of hydrogen-bond acceptors (Lipinski definition) is 1. The molecular formula is C10H7FeO. The van der Waals surface area contributed by atoms with Gasteiger partial charge in [-0.1, -0.05) is 12.1 Å². The van der Waals surface area contributed by atoms with E-state index in [1.807, 2.05) is 40.2 Å². The maximum Gasteiger partial charge on any atom is -0.0801 e. The Kier molecular flexibility index (Phi) is 3.65. The molecule has 2 aromatic rings. The van der Waals surface area contributed by atoms with Gasteiger partial charge in [0.2, 0.25) is 0 Å². The number of rotatable bonds is 0. The summed E-state index contributed by atoms with van der Waals surface area (Å²) in [6.45, 7) is 0. The molecule has 0 N–H and O–H groups in total. The van der Waals surface area contributed by atoms with Gasteiger partial charge in [-0.15, -0.1) is 47.2 Å². The maximum atomic E-state index is 8.00. The maximum absolute atomic E-state index is 8.00. The van der Waals surface area contributed by atoms with Crippen molar-refractivity contribution >= 4 is 10.8 Å². The molecule has 0 radical (unpaired) electrons. The summed E-state index contributed by atoms with van der Waals surface area (Å²) in [6.07, 6.45) is 0.